The minimum absolute atomic E-state index is 0.0964. The molecule has 1 saturated heterocycles. The number of aryl methyl sites for hydroxylation is 1. The average Bonchev–Trinajstić information content (AvgIpc) is 3.19. The van der Waals surface area contributed by atoms with Gasteiger partial charge in [-0.3, -0.25) is 0 Å². The van der Waals surface area contributed by atoms with Crippen molar-refractivity contribution in [3.8, 4) is 22.8 Å². The Morgan fingerprint density at radius 3 is 2.49 bits per heavy atom. The number of nitrogens with zero attached hydrogens (tertiary/aromatic N) is 1. The third-order valence-electron chi connectivity index (χ3n) is 7.29. The van der Waals surface area contributed by atoms with E-state index in [2.05, 4.69) is 55.2 Å². The number of rotatable bonds is 6. The fraction of sp³-hybridized carbons (Fsp3) is 0.414. The van der Waals surface area contributed by atoms with E-state index in [9.17, 15) is 8.42 Å². The van der Waals surface area contributed by atoms with Crippen LogP contribution in [0, 0.1) is 19.8 Å². The Hall–Kier alpha value is -2.86. The lowest BCUT2D eigenvalue weighted by Crippen LogP contribution is -2.30. The second-order valence-corrected chi connectivity index (χ2v) is 12.4. The third kappa shape index (κ3) is 5.37. The summed E-state index contributed by atoms with van der Waals surface area (Å²) in [5.74, 6) is 2.57. The Labute approximate surface area is 208 Å². The highest BCUT2D eigenvalue weighted by atomic mass is 32.2. The van der Waals surface area contributed by atoms with Crippen LogP contribution in [0.2, 0.25) is 0 Å². The Bertz CT molecular complexity index is 1330. The molecule has 5 nitrogen and oxygen atoms in total. The molecule has 1 aromatic heterocycles. The van der Waals surface area contributed by atoms with Crippen LogP contribution in [0.1, 0.15) is 47.7 Å². The number of ether oxygens (including phenoxy) is 2. The van der Waals surface area contributed by atoms with Gasteiger partial charge in [0, 0.05) is 17.3 Å². The molecule has 0 N–H and O–H groups in total. The molecule has 6 heteroatoms. The minimum atomic E-state index is -2.91. The van der Waals surface area contributed by atoms with Gasteiger partial charge in [0.1, 0.15) is 18.5 Å². The van der Waals surface area contributed by atoms with Gasteiger partial charge < -0.3 is 9.47 Å². The maximum Gasteiger partial charge on any atom is 0.213 e. The molecule has 1 fully saturated rings. The van der Waals surface area contributed by atoms with Crippen molar-refractivity contribution in [2.45, 2.75) is 59.2 Å². The molecule has 0 radical (unpaired) electrons. The summed E-state index contributed by atoms with van der Waals surface area (Å²) in [6, 6.07) is 16.7. The Morgan fingerprint density at radius 1 is 0.943 bits per heavy atom. The minimum Gasteiger partial charge on any atom is -0.489 e. The summed E-state index contributed by atoms with van der Waals surface area (Å²) in [4.78, 5) is 4.68. The molecule has 1 aliphatic heterocycles. The summed E-state index contributed by atoms with van der Waals surface area (Å²) in [5.41, 5.74) is 8.28. The molecule has 2 heterocycles. The Kier molecular flexibility index (Phi) is 6.58. The Morgan fingerprint density at radius 2 is 1.71 bits per heavy atom. The van der Waals surface area contributed by atoms with Crippen LogP contribution in [-0.2, 0) is 29.3 Å². The van der Waals surface area contributed by atoms with E-state index in [1.54, 1.807) is 0 Å². The number of aromatic nitrogens is 1. The average molecular weight is 492 g/mol. The summed E-state index contributed by atoms with van der Waals surface area (Å²) in [6.07, 6.45) is 3.24. The van der Waals surface area contributed by atoms with E-state index in [0.717, 1.165) is 41.0 Å². The van der Waals surface area contributed by atoms with Crippen molar-refractivity contribution in [2.75, 3.05) is 11.5 Å². The molecule has 184 valence electrons. The zero-order chi connectivity index (χ0) is 24.6. The van der Waals surface area contributed by atoms with Crippen LogP contribution in [0.3, 0.4) is 0 Å². The molecule has 3 aromatic rings. The molecular weight excluding hydrogens is 458 g/mol. The van der Waals surface area contributed by atoms with E-state index in [1.807, 2.05) is 19.1 Å². The lowest BCUT2D eigenvalue weighted by molar-refractivity contribution is 0.181. The molecule has 0 amide bonds. The SMILES string of the molecule is Cc1nc(OC2CCS(=O)(=O)CC2)ccc1-c1cccc(COc2ccc3c(c2)CC(C)C3)c1C. The van der Waals surface area contributed by atoms with Crippen molar-refractivity contribution < 1.29 is 17.9 Å². The van der Waals surface area contributed by atoms with E-state index in [4.69, 9.17) is 9.47 Å². The van der Waals surface area contributed by atoms with Crippen LogP contribution in [-0.4, -0.2) is 31.0 Å². The zero-order valence-corrected chi connectivity index (χ0v) is 21.5. The van der Waals surface area contributed by atoms with E-state index in [-0.39, 0.29) is 17.6 Å². The van der Waals surface area contributed by atoms with Gasteiger partial charge in [-0.2, -0.15) is 0 Å². The van der Waals surface area contributed by atoms with Crippen LogP contribution >= 0.6 is 0 Å². The van der Waals surface area contributed by atoms with Crippen molar-refractivity contribution in [2.24, 2.45) is 5.92 Å². The summed E-state index contributed by atoms with van der Waals surface area (Å²) in [6.45, 7) is 6.94. The van der Waals surface area contributed by atoms with E-state index < -0.39 is 9.84 Å². The predicted octanol–water partition coefficient (Wildman–Crippen LogP) is 5.64. The van der Waals surface area contributed by atoms with Gasteiger partial charge in [-0.25, -0.2) is 13.4 Å². The standard InChI is InChI=1S/C29H33NO4S/c1-19-15-22-7-8-26(17-24(22)16-19)33-18-23-5-4-6-27(20(23)2)28-9-10-29(30-21(28)3)34-25-11-13-35(31,32)14-12-25/h4-10,17,19,25H,11-16,18H2,1-3H3. The molecule has 5 rings (SSSR count). The van der Waals surface area contributed by atoms with E-state index in [0.29, 0.717) is 31.2 Å². The van der Waals surface area contributed by atoms with Crippen molar-refractivity contribution in [1.29, 1.82) is 0 Å². The van der Waals surface area contributed by atoms with E-state index >= 15 is 0 Å². The molecule has 1 aliphatic carbocycles. The lowest BCUT2D eigenvalue weighted by Gasteiger charge is -2.23. The van der Waals surface area contributed by atoms with Gasteiger partial charge in [-0.1, -0.05) is 31.2 Å². The summed E-state index contributed by atoms with van der Waals surface area (Å²) < 4.78 is 35.5. The van der Waals surface area contributed by atoms with E-state index in [1.165, 1.54) is 16.7 Å². The number of fused-ring (bicyclic) bond motifs is 1. The summed E-state index contributed by atoms with van der Waals surface area (Å²) >= 11 is 0. The summed E-state index contributed by atoms with van der Waals surface area (Å²) in [5, 5.41) is 0. The molecule has 2 aliphatic rings. The number of sulfone groups is 1. The predicted molar refractivity (Wildman–Crippen MR) is 139 cm³/mol. The number of benzene rings is 2. The maximum atomic E-state index is 11.7. The third-order valence-corrected chi connectivity index (χ3v) is 9.01. The second kappa shape index (κ2) is 9.65. The molecule has 2 aromatic carbocycles. The quantitative estimate of drug-likeness (QED) is 0.447. The first-order chi connectivity index (χ1) is 16.8. The topological polar surface area (TPSA) is 65.5 Å². The van der Waals surface area contributed by atoms with Gasteiger partial charge in [0.25, 0.3) is 0 Å². The van der Waals surface area contributed by atoms with Crippen LogP contribution in [0.4, 0.5) is 0 Å². The fourth-order valence-corrected chi connectivity index (χ4v) is 6.69. The largest absolute Gasteiger partial charge is 0.489 e. The fourth-order valence-electron chi connectivity index (χ4n) is 5.24. The lowest BCUT2D eigenvalue weighted by atomic mass is 9.96. The molecule has 0 saturated carbocycles. The highest BCUT2D eigenvalue weighted by Crippen LogP contribution is 2.32. The second-order valence-electron chi connectivity index (χ2n) is 10.1. The molecule has 0 spiro atoms. The van der Waals surface area contributed by atoms with Crippen LogP contribution in [0.15, 0.2) is 48.5 Å². The number of hydrogen-bond donors (Lipinski definition) is 0. The molecule has 1 unspecified atom stereocenters. The van der Waals surface area contributed by atoms with Crippen molar-refractivity contribution in [1.82, 2.24) is 4.98 Å². The van der Waals surface area contributed by atoms with Gasteiger partial charge in [-0.05, 0) is 91.5 Å². The molecule has 1 atom stereocenters. The zero-order valence-electron chi connectivity index (χ0n) is 20.7. The van der Waals surface area contributed by atoms with Crippen LogP contribution < -0.4 is 9.47 Å². The van der Waals surface area contributed by atoms with Gasteiger partial charge in [0.05, 0.1) is 11.5 Å². The first kappa shape index (κ1) is 23.9. The summed E-state index contributed by atoms with van der Waals surface area (Å²) in [7, 11) is -2.91. The number of pyridine rings is 1. The van der Waals surface area contributed by atoms with Gasteiger partial charge in [0.15, 0.2) is 9.84 Å². The van der Waals surface area contributed by atoms with Gasteiger partial charge in [-0.15, -0.1) is 0 Å². The molecule has 35 heavy (non-hydrogen) atoms. The van der Waals surface area contributed by atoms with Crippen molar-refractivity contribution in [3.63, 3.8) is 0 Å². The first-order valence-electron chi connectivity index (χ1n) is 12.5. The molecule has 0 bridgehead atoms. The Balaban J connectivity index is 1.29. The van der Waals surface area contributed by atoms with Crippen molar-refractivity contribution in [3.05, 3.63) is 76.5 Å². The number of hydrogen-bond acceptors (Lipinski definition) is 5. The highest BCUT2D eigenvalue weighted by Gasteiger charge is 2.25. The monoisotopic (exact) mass is 491 g/mol. The maximum absolute atomic E-state index is 11.7. The van der Waals surface area contributed by atoms with Crippen molar-refractivity contribution >= 4 is 9.84 Å². The highest BCUT2D eigenvalue weighted by molar-refractivity contribution is 7.91. The van der Waals surface area contributed by atoms with Crippen LogP contribution in [0.25, 0.3) is 11.1 Å². The normalized spacial score (nSPS) is 19.3. The van der Waals surface area contributed by atoms with Gasteiger partial charge >= 0.3 is 0 Å². The smallest absolute Gasteiger partial charge is 0.213 e. The van der Waals surface area contributed by atoms with Gasteiger partial charge in [0.2, 0.25) is 5.88 Å². The first-order valence-corrected chi connectivity index (χ1v) is 14.3. The molecular formula is C29H33NO4S. The van der Waals surface area contributed by atoms with Crippen LogP contribution in [0.5, 0.6) is 11.6 Å².